The molecule has 4 aromatic rings. The normalized spacial score (nSPS) is 11.0. The van der Waals surface area contributed by atoms with E-state index in [2.05, 4.69) is 34.6 Å². The number of thiazole rings is 1. The second-order valence-electron chi connectivity index (χ2n) is 7.85. The summed E-state index contributed by atoms with van der Waals surface area (Å²) >= 11 is 3.20. The molecule has 2 N–H and O–H groups in total. The Bertz CT molecular complexity index is 1290. The van der Waals surface area contributed by atoms with Gasteiger partial charge in [-0.25, -0.2) is 14.5 Å². The van der Waals surface area contributed by atoms with Crippen molar-refractivity contribution < 1.29 is 4.79 Å². The van der Waals surface area contributed by atoms with Gasteiger partial charge in [0.05, 0.1) is 22.0 Å². The third-order valence-electron chi connectivity index (χ3n) is 5.07. The zero-order valence-electron chi connectivity index (χ0n) is 18.7. The van der Waals surface area contributed by atoms with Crippen LogP contribution in [0.5, 0.6) is 0 Å². The van der Waals surface area contributed by atoms with Crippen molar-refractivity contribution in [2.24, 2.45) is 0 Å². The first-order valence-corrected chi connectivity index (χ1v) is 12.3. The molecule has 3 aromatic heterocycles. The van der Waals surface area contributed by atoms with Crippen LogP contribution < -0.4 is 16.2 Å². The molecule has 0 atom stereocenters. The summed E-state index contributed by atoms with van der Waals surface area (Å²) in [6, 6.07) is 14.7. The number of urea groups is 1. The lowest BCUT2D eigenvalue weighted by Gasteiger charge is -2.10. The minimum atomic E-state index is -0.324. The summed E-state index contributed by atoms with van der Waals surface area (Å²) in [5.41, 5.74) is 3.29. The van der Waals surface area contributed by atoms with E-state index in [0.29, 0.717) is 11.6 Å². The van der Waals surface area contributed by atoms with Crippen molar-refractivity contribution in [1.82, 2.24) is 20.1 Å². The standard InChI is InChI=1S/C24H25N5O2S2/c1-15(2)17-6-8-18(9-7-17)27-24(31)25-12-13-29-21(30)11-10-19(28-29)22-16(3)26-23(33-22)20-5-4-14-32-20/h4-11,14-15H,12-13H2,1-3H3,(H2,25,27,31). The summed E-state index contributed by atoms with van der Waals surface area (Å²) in [7, 11) is 0. The van der Waals surface area contributed by atoms with Crippen molar-refractivity contribution in [2.75, 3.05) is 11.9 Å². The second-order valence-corrected chi connectivity index (χ2v) is 9.80. The molecule has 0 saturated carbocycles. The molecule has 0 aliphatic heterocycles. The Kier molecular flexibility index (Phi) is 7.00. The first kappa shape index (κ1) is 22.9. The maximum absolute atomic E-state index is 12.3. The fourth-order valence-electron chi connectivity index (χ4n) is 3.27. The van der Waals surface area contributed by atoms with Gasteiger partial charge in [-0.15, -0.1) is 22.7 Å². The van der Waals surface area contributed by atoms with Crippen molar-refractivity contribution in [2.45, 2.75) is 33.2 Å². The Morgan fingerprint density at radius 2 is 1.91 bits per heavy atom. The molecule has 7 nitrogen and oxygen atoms in total. The number of carbonyl (C=O) groups excluding carboxylic acids is 1. The monoisotopic (exact) mass is 479 g/mol. The van der Waals surface area contributed by atoms with Gasteiger partial charge in [-0.1, -0.05) is 32.0 Å². The largest absolute Gasteiger partial charge is 0.336 e. The van der Waals surface area contributed by atoms with E-state index in [9.17, 15) is 9.59 Å². The third-order valence-corrected chi connectivity index (χ3v) is 7.29. The van der Waals surface area contributed by atoms with Gasteiger partial charge in [0.15, 0.2) is 0 Å². The summed E-state index contributed by atoms with van der Waals surface area (Å²) < 4.78 is 1.37. The van der Waals surface area contributed by atoms with Gasteiger partial charge in [0, 0.05) is 18.3 Å². The van der Waals surface area contributed by atoms with Crippen molar-refractivity contribution in [3.8, 4) is 20.5 Å². The molecule has 170 valence electrons. The van der Waals surface area contributed by atoms with Crippen molar-refractivity contribution in [1.29, 1.82) is 0 Å². The highest BCUT2D eigenvalue weighted by Gasteiger charge is 2.14. The molecule has 0 fully saturated rings. The van der Waals surface area contributed by atoms with Gasteiger partial charge >= 0.3 is 6.03 Å². The Morgan fingerprint density at radius 3 is 2.61 bits per heavy atom. The number of carbonyl (C=O) groups is 1. The summed E-state index contributed by atoms with van der Waals surface area (Å²) in [5, 5.41) is 13.1. The van der Waals surface area contributed by atoms with Gasteiger partial charge < -0.3 is 10.6 Å². The number of rotatable bonds is 7. The van der Waals surface area contributed by atoms with Crippen LogP contribution in [0.1, 0.15) is 31.0 Å². The molecule has 0 bridgehead atoms. The number of anilines is 1. The van der Waals surface area contributed by atoms with Gasteiger partial charge in [0.1, 0.15) is 10.7 Å². The Hall–Kier alpha value is -3.30. The van der Waals surface area contributed by atoms with Crippen LogP contribution in [0.2, 0.25) is 0 Å². The van der Waals surface area contributed by atoms with Crippen LogP contribution in [0, 0.1) is 6.92 Å². The minimum Gasteiger partial charge on any atom is -0.336 e. The van der Waals surface area contributed by atoms with Gasteiger partial charge in [0.25, 0.3) is 5.56 Å². The third kappa shape index (κ3) is 5.55. The summed E-state index contributed by atoms with van der Waals surface area (Å²) in [6.07, 6.45) is 0. The molecular formula is C24H25N5O2S2. The van der Waals surface area contributed by atoms with Crippen molar-refractivity contribution in [3.05, 3.63) is 75.5 Å². The van der Waals surface area contributed by atoms with Crippen LogP contribution in [0.4, 0.5) is 10.5 Å². The lowest BCUT2D eigenvalue weighted by atomic mass is 10.0. The molecule has 0 spiro atoms. The maximum atomic E-state index is 12.3. The number of hydrogen-bond acceptors (Lipinski definition) is 6. The molecule has 3 heterocycles. The average molecular weight is 480 g/mol. The van der Waals surface area contributed by atoms with E-state index in [1.165, 1.54) is 16.3 Å². The molecule has 2 amide bonds. The maximum Gasteiger partial charge on any atom is 0.319 e. The molecule has 0 radical (unpaired) electrons. The van der Waals surface area contributed by atoms with Gasteiger partial charge in [-0.3, -0.25) is 4.79 Å². The van der Waals surface area contributed by atoms with Crippen molar-refractivity contribution >= 4 is 34.4 Å². The highest BCUT2D eigenvalue weighted by atomic mass is 32.1. The number of aromatic nitrogens is 3. The molecular weight excluding hydrogens is 454 g/mol. The number of thiophene rings is 1. The average Bonchev–Trinajstić information content (AvgIpc) is 3.45. The van der Waals surface area contributed by atoms with Crippen molar-refractivity contribution in [3.63, 3.8) is 0 Å². The van der Waals surface area contributed by atoms with E-state index in [4.69, 9.17) is 0 Å². The van der Waals surface area contributed by atoms with E-state index in [0.717, 1.165) is 26.1 Å². The van der Waals surface area contributed by atoms with E-state index in [-0.39, 0.29) is 24.7 Å². The first-order chi connectivity index (χ1) is 15.9. The Labute approximate surface area is 200 Å². The highest BCUT2D eigenvalue weighted by molar-refractivity contribution is 7.23. The molecule has 0 unspecified atom stereocenters. The fraction of sp³-hybridized carbons (Fsp3) is 0.250. The molecule has 9 heteroatoms. The van der Waals surface area contributed by atoms with E-state index >= 15 is 0 Å². The van der Waals surface area contributed by atoms with Crippen LogP contribution in [-0.4, -0.2) is 27.3 Å². The van der Waals surface area contributed by atoms with Crippen LogP contribution >= 0.6 is 22.7 Å². The summed E-state index contributed by atoms with van der Waals surface area (Å²) in [4.78, 5) is 31.2. The number of benzene rings is 1. The zero-order chi connectivity index (χ0) is 23.4. The molecule has 0 aliphatic carbocycles. The van der Waals surface area contributed by atoms with Crippen LogP contribution in [0.3, 0.4) is 0 Å². The second kappa shape index (κ2) is 10.1. The number of aryl methyl sites for hydroxylation is 1. The van der Waals surface area contributed by atoms with Crippen LogP contribution in [-0.2, 0) is 6.54 Å². The van der Waals surface area contributed by atoms with E-state index < -0.39 is 0 Å². The lowest BCUT2D eigenvalue weighted by Crippen LogP contribution is -2.34. The van der Waals surface area contributed by atoms with E-state index in [1.54, 1.807) is 28.7 Å². The smallest absolute Gasteiger partial charge is 0.319 e. The molecule has 0 saturated heterocycles. The van der Waals surface area contributed by atoms with Gasteiger partial charge in [0.2, 0.25) is 0 Å². The number of nitrogens with one attached hydrogen (secondary N) is 2. The quantitative estimate of drug-likeness (QED) is 0.374. The Morgan fingerprint density at radius 1 is 1.12 bits per heavy atom. The van der Waals surface area contributed by atoms with Crippen LogP contribution in [0.25, 0.3) is 20.5 Å². The topological polar surface area (TPSA) is 88.9 Å². The number of hydrogen-bond donors (Lipinski definition) is 2. The van der Waals surface area contributed by atoms with Gasteiger partial charge in [-0.05, 0) is 48.1 Å². The predicted molar refractivity (Wildman–Crippen MR) is 135 cm³/mol. The summed E-state index contributed by atoms with van der Waals surface area (Å²) in [6.45, 7) is 6.73. The first-order valence-electron chi connectivity index (χ1n) is 10.7. The fourth-order valence-corrected chi connectivity index (χ4v) is 5.10. The molecule has 4 rings (SSSR count). The summed E-state index contributed by atoms with van der Waals surface area (Å²) in [5.74, 6) is 0.436. The number of amides is 2. The predicted octanol–water partition coefficient (Wildman–Crippen LogP) is 5.35. The SMILES string of the molecule is Cc1nc(-c2cccs2)sc1-c1ccc(=O)n(CCNC(=O)Nc2ccc(C(C)C)cc2)n1. The number of nitrogens with zero attached hydrogens (tertiary/aromatic N) is 3. The van der Waals surface area contributed by atoms with E-state index in [1.807, 2.05) is 48.7 Å². The highest BCUT2D eigenvalue weighted by Crippen LogP contribution is 2.35. The molecule has 1 aromatic carbocycles. The minimum absolute atomic E-state index is 0.217. The Balaban J connectivity index is 1.39. The molecule has 0 aliphatic rings. The lowest BCUT2D eigenvalue weighted by molar-refractivity contribution is 0.251. The zero-order valence-corrected chi connectivity index (χ0v) is 20.3. The van der Waals surface area contributed by atoms with Gasteiger partial charge in [-0.2, -0.15) is 5.10 Å². The van der Waals surface area contributed by atoms with Crippen LogP contribution in [0.15, 0.2) is 58.7 Å². The molecule has 33 heavy (non-hydrogen) atoms.